The molecule has 2 aromatic carbocycles. The normalized spacial score (nSPS) is 16.9. The number of hydrogen-bond acceptors (Lipinski definition) is 1. The maximum absolute atomic E-state index is 5.64. The van der Waals surface area contributed by atoms with Gasteiger partial charge in [-0.1, -0.05) is 54.6 Å². The topological polar surface area (TPSA) is 30.3 Å². The molecule has 0 radical (unpaired) electrons. The Bertz CT molecular complexity index is 610. The number of hydrogen-bond donors (Lipinski definition) is 2. The first-order valence-electron chi connectivity index (χ1n) is 8.66. The van der Waals surface area contributed by atoms with Crippen molar-refractivity contribution in [2.45, 2.75) is 19.1 Å². The van der Waals surface area contributed by atoms with Crippen molar-refractivity contribution in [1.29, 1.82) is 0 Å². The molecule has 3 rings (SSSR count). The summed E-state index contributed by atoms with van der Waals surface area (Å²) in [6.45, 7) is 5.81. The van der Waals surface area contributed by atoms with Crippen LogP contribution in [-0.2, 0) is 17.7 Å². The van der Waals surface area contributed by atoms with Gasteiger partial charge in [-0.2, -0.15) is 0 Å². The van der Waals surface area contributed by atoms with Crippen LogP contribution in [0.25, 0.3) is 0 Å². The second-order valence-electron chi connectivity index (χ2n) is 6.39. The van der Waals surface area contributed by atoms with E-state index in [0.29, 0.717) is 0 Å². The van der Waals surface area contributed by atoms with E-state index in [1.54, 1.807) is 17.6 Å². The van der Waals surface area contributed by atoms with E-state index in [-0.39, 0.29) is 30.9 Å². The van der Waals surface area contributed by atoms with Crippen LogP contribution >= 0.6 is 0 Å². The number of rotatable bonds is 7. The highest BCUT2D eigenvalue weighted by molar-refractivity contribution is 5.27. The largest absolute Gasteiger partial charge is 1.00 e. The standard InChI is InChI=1S/C20H26N2O.2ClH/c1-23-20(18-8-3-2-4-9-18)15-21-12-14-22-13-11-17-7-5-6-10-19(17)16-22;;/h2-10,20-21H,11-16H2,1H3;2*1H. The van der Waals surface area contributed by atoms with Gasteiger partial charge in [-0.3, -0.25) is 0 Å². The van der Waals surface area contributed by atoms with Crippen LogP contribution < -0.4 is 35.0 Å². The quantitative estimate of drug-likeness (QED) is 0.460. The van der Waals surface area contributed by atoms with Gasteiger partial charge >= 0.3 is 0 Å². The monoisotopic (exact) mass is 382 g/mol. The molecule has 2 aromatic rings. The zero-order valence-electron chi connectivity index (χ0n) is 14.8. The fraction of sp³-hybridized carbons (Fsp3) is 0.400. The van der Waals surface area contributed by atoms with Gasteiger partial charge in [-0.05, 0) is 11.1 Å². The second kappa shape index (κ2) is 11.5. The van der Waals surface area contributed by atoms with Gasteiger partial charge in [-0.25, -0.2) is 0 Å². The number of fused-ring (bicyclic) bond motifs is 1. The first-order chi connectivity index (χ1) is 11.4. The maximum atomic E-state index is 5.64. The molecule has 2 unspecified atom stereocenters. The average molecular weight is 383 g/mol. The van der Waals surface area contributed by atoms with Crippen molar-refractivity contribution < 1.29 is 39.8 Å². The fourth-order valence-electron chi connectivity index (χ4n) is 3.47. The highest BCUT2D eigenvalue weighted by atomic mass is 35.5. The summed E-state index contributed by atoms with van der Waals surface area (Å²) in [6.07, 6.45) is 1.41. The molecule has 0 saturated carbocycles. The van der Waals surface area contributed by atoms with Gasteiger partial charge < -0.3 is 39.8 Å². The summed E-state index contributed by atoms with van der Waals surface area (Å²) in [5, 5.41) is 2.40. The zero-order valence-corrected chi connectivity index (χ0v) is 16.3. The number of quaternary nitrogens is 2. The molecule has 138 valence electrons. The Kier molecular flexibility index (Phi) is 10.1. The first kappa shape index (κ1) is 21.9. The van der Waals surface area contributed by atoms with Gasteiger partial charge in [0.15, 0.2) is 0 Å². The highest BCUT2D eigenvalue weighted by Crippen LogP contribution is 2.13. The Balaban J connectivity index is 0.00000156. The van der Waals surface area contributed by atoms with Crippen molar-refractivity contribution in [1.82, 2.24) is 0 Å². The molecule has 3 nitrogen and oxygen atoms in total. The highest BCUT2D eigenvalue weighted by Gasteiger charge is 2.19. The van der Waals surface area contributed by atoms with E-state index in [9.17, 15) is 0 Å². The third kappa shape index (κ3) is 6.28. The van der Waals surface area contributed by atoms with E-state index >= 15 is 0 Å². The number of benzene rings is 2. The SMILES string of the molecule is COC(C[NH2+]CC[NH+]1CCc2ccccc2C1)c1ccccc1.[Cl-].[Cl-]. The van der Waals surface area contributed by atoms with E-state index in [4.69, 9.17) is 4.74 Å². The number of nitrogens with one attached hydrogen (secondary N) is 1. The molecule has 1 aliphatic heterocycles. The molecule has 0 bridgehead atoms. The minimum absolute atomic E-state index is 0. The Morgan fingerprint density at radius 3 is 2.40 bits per heavy atom. The van der Waals surface area contributed by atoms with Crippen LogP contribution in [0.1, 0.15) is 22.8 Å². The van der Waals surface area contributed by atoms with Gasteiger partial charge in [0.25, 0.3) is 0 Å². The van der Waals surface area contributed by atoms with Gasteiger partial charge in [0.1, 0.15) is 32.3 Å². The van der Waals surface area contributed by atoms with Crippen LogP contribution in [0.3, 0.4) is 0 Å². The van der Waals surface area contributed by atoms with E-state index in [2.05, 4.69) is 59.9 Å². The molecule has 0 amide bonds. The van der Waals surface area contributed by atoms with E-state index in [1.807, 2.05) is 0 Å². The lowest BCUT2D eigenvalue weighted by Crippen LogP contribution is -3.14. The van der Waals surface area contributed by atoms with Crippen LogP contribution in [0.4, 0.5) is 0 Å². The summed E-state index contributed by atoms with van der Waals surface area (Å²) in [7, 11) is 1.80. The molecule has 0 aliphatic carbocycles. The Labute approximate surface area is 163 Å². The summed E-state index contributed by atoms with van der Waals surface area (Å²) in [6, 6.07) is 19.4. The van der Waals surface area contributed by atoms with Crippen LogP contribution in [0.15, 0.2) is 54.6 Å². The van der Waals surface area contributed by atoms with Gasteiger partial charge in [0.2, 0.25) is 0 Å². The summed E-state index contributed by atoms with van der Waals surface area (Å²) < 4.78 is 5.64. The molecular formula is C20H28Cl2N2O. The first-order valence-corrected chi connectivity index (χ1v) is 8.66. The number of halogens is 2. The fourth-order valence-corrected chi connectivity index (χ4v) is 3.47. The van der Waals surface area contributed by atoms with Gasteiger partial charge in [0, 0.05) is 19.1 Å². The summed E-state index contributed by atoms with van der Waals surface area (Å²) >= 11 is 0. The van der Waals surface area contributed by atoms with Gasteiger partial charge in [0.05, 0.1) is 6.54 Å². The minimum Gasteiger partial charge on any atom is -1.00 e. The predicted octanol–water partition coefficient (Wildman–Crippen LogP) is -5.41. The molecule has 0 spiro atoms. The number of ether oxygens (including phenoxy) is 1. The van der Waals surface area contributed by atoms with Crippen molar-refractivity contribution in [3.8, 4) is 0 Å². The Morgan fingerprint density at radius 1 is 1.00 bits per heavy atom. The summed E-state index contributed by atoms with van der Waals surface area (Å²) in [5.74, 6) is 0. The van der Waals surface area contributed by atoms with Crippen LogP contribution in [-0.4, -0.2) is 33.3 Å². The summed E-state index contributed by atoms with van der Waals surface area (Å²) in [5.41, 5.74) is 4.35. The molecule has 5 heteroatoms. The smallest absolute Gasteiger partial charge is 0.131 e. The van der Waals surface area contributed by atoms with Gasteiger partial charge in [-0.15, -0.1) is 0 Å². The molecular weight excluding hydrogens is 355 g/mol. The van der Waals surface area contributed by atoms with Crippen molar-refractivity contribution in [2.75, 3.05) is 33.3 Å². The number of methoxy groups -OCH3 is 1. The predicted molar refractivity (Wildman–Crippen MR) is 92.4 cm³/mol. The second-order valence-corrected chi connectivity index (χ2v) is 6.39. The van der Waals surface area contributed by atoms with E-state index in [0.717, 1.165) is 13.1 Å². The van der Waals surface area contributed by atoms with E-state index in [1.165, 1.54) is 37.2 Å². The third-order valence-corrected chi connectivity index (χ3v) is 4.85. The maximum Gasteiger partial charge on any atom is 0.131 e. The summed E-state index contributed by atoms with van der Waals surface area (Å²) in [4.78, 5) is 1.70. The molecule has 3 N–H and O–H groups in total. The molecule has 0 fully saturated rings. The lowest BCUT2D eigenvalue weighted by molar-refractivity contribution is -0.927. The Hall–Kier alpha value is -1.10. The average Bonchev–Trinajstić information content (AvgIpc) is 2.62. The molecule has 2 atom stereocenters. The zero-order chi connectivity index (χ0) is 15.9. The molecule has 0 saturated heterocycles. The number of nitrogens with two attached hydrogens (primary N) is 1. The molecule has 1 aliphatic rings. The lowest BCUT2D eigenvalue weighted by Gasteiger charge is -2.25. The van der Waals surface area contributed by atoms with Crippen molar-refractivity contribution in [2.24, 2.45) is 0 Å². The van der Waals surface area contributed by atoms with Crippen LogP contribution in [0.2, 0.25) is 0 Å². The molecule has 25 heavy (non-hydrogen) atoms. The van der Waals surface area contributed by atoms with Crippen molar-refractivity contribution in [3.05, 3.63) is 71.3 Å². The van der Waals surface area contributed by atoms with E-state index < -0.39 is 0 Å². The third-order valence-electron chi connectivity index (χ3n) is 4.85. The van der Waals surface area contributed by atoms with Crippen molar-refractivity contribution >= 4 is 0 Å². The van der Waals surface area contributed by atoms with Crippen molar-refractivity contribution in [3.63, 3.8) is 0 Å². The Morgan fingerprint density at radius 2 is 1.68 bits per heavy atom. The molecule has 0 aromatic heterocycles. The van der Waals surface area contributed by atoms with Crippen LogP contribution in [0.5, 0.6) is 0 Å². The lowest BCUT2D eigenvalue weighted by atomic mass is 10.00. The van der Waals surface area contributed by atoms with Crippen LogP contribution in [0, 0.1) is 0 Å². The minimum atomic E-state index is 0. The molecule has 1 heterocycles.